The number of hydrogen-bond donors (Lipinski definition) is 0. The summed E-state index contributed by atoms with van der Waals surface area (Å²) in [6.45, 7) is 14.3. The molecule has 206 valence electrons. The molecule has 8 atom stereocenters. The number of hydrogen-bond acceptors (Lipinski definition) is 9. The summed E-state index contributed by atoms with van der Waals surface area (Å²) in [5.41, 5.74) is -2.60. The standard InChI is InChI=1S/C28H40O9/c1-15(2)24(32)36-19-10-9-16(3)26(7)21(19)25(6)11-12-28(13-20(31)33-14-28)37-27(25,8)23(35-18(5)30)22(26)34-17(4)29/h9,15,19,21-23H,10-14H2,1-8H3/t19?,21-,22?,23?,25-,26+,27+,28+/m1/s1. The molecule has 0 aromatic heterocycles. The van der Waals surface area contributed by atoms with Crippen molar-refractivity contribution in [3.8, 4) is 0 Å². The lowest BCUT2D eigenvalue weighted by Crippen LogP contribution is -2.78. The van der Waals surface area contributed by atoms with E-state index in [4.69, 9.17) is 23.7 Å². The molecule has 0 aromatic carbocycles. The highest BCUT2D eigenvalue weighted by atomic mass is 16.6. The van der Waals surface area contributed by atoms with Gasteiger partial charge in [0.1, 0.15) is 23.9 Å². The van der Waals surface area contributed by atoms with Crippen LogP contribution in [0.2, 0.25) is 0 Å². The Balaban J connectivity index is 1.93. The third kappa shape index (κ3) is 4.17. The van der Waals surface area contributed by atoms with Crippen LogP contribution in [0.4, 0.5) is 0 Å². The molecule has 1 spiro atoms. The molecule has 2 aliphatic heterocycles. The van der Waals surface area contributed by atoms with Crippen molar-refractivity contribution in [3.05, 3.63) is 11.6 Å². The zero-order chi connectivity index (χ0) is 27.6. The highest BCUT2D eigenvalue weighted by Gasteiger charge is 2.76. The van der Waals surface area contributed by atoms with Crippen LogP contribution < -0.4 is 0 Å². The van der Waals surface area contributed by atoms with E-state index in [1.54, 1.807) is 13.8 Å². The summed E-state index contributed by atoms with van der Waals surface area (Å²) in [7, 11) is 0. The predicted molar refractivity (Wildman–Crippen MR) is 131 cm³/mol. The monoisotopic (exact) mass is 520 g/mol. The minimum atomic E-state index is -1.19. The van der Waals surface area contributed by atoms with Crippen molar-refractivity contribution in [2.45, 2.75) is 111 Å². The van der Waals surface area contributed by atoms with Crippen molar-refractivity contribution in [3.63, 3.8) is 0 Å². The molecule has 1 saturated carbocycles. The molecule has 0 aromatic rings. The van der Waals surface area contributed by atoms with Crippen LogP contribution in [0.25, 0.3) is 0 Å². The maximum atomic E-state index is 12.8. The van der Waals surface area contributed by atoms with Crippen molar-refractivity contribution in [2.75, 3.05) is 6.61 Å². The number of ether oxygens (including phenoxy) is 5. The molecule has 9 nitrogen and oxygen atoms in total. The summed E-state index contributed by atoms with van der Waals surface area (Å²) in [5.74, 6) is -2.34. The van der Waals surface area contributed by atoms with E-state index in [-0.39, 0.29) is 36.8 Å². The fourth-order valence-corrected chi connectivity index (χ4v) is 7.48. The van der Waals surface area contributed by atoms with Gasteiger partial charge < -0.3 is 23.7 Å². The highest BCUT2D eigenvalue weighted by Crippen LogP contribution is 2.68. The molecule has 37 heavy (non-hydrogen) atoms. The van der Waals surface area contributed by atoms with Crippen molar-refractivity contribution < 1.29 is 42.9 Å². The third-order valence-electron chi connectivity index (χ3n) is 9.57. The van der Waals surface area contributed by atoms with Crippen LogP contribution in [0.15, 0.2) is 11.6 Å². The van der Waals surface area contributed by atoms with E-state index in [0.717, 1.165) is 5.57 Å². The van der Waals surface area contributed by atoms with Crippen molar-refractivity contribution >= 4 is 23.9 Å². The van der Waals surface area contributed by atoms with Gasteiger partial charge in [0.25, 0.3) is 0 Å². The Kier molecular flexibility index (Phi) is 6.79. The van der Waals surface area contributed by atoms with E-state index in [1.807, 2.05) is 26.8 Å². The summed E-state index contributed by atoms with van der Waals surface area (Å²) < 4.78 is 30.3. The Morgan fingerprint density at radius 3 is 2.16 bits per heavy atom. The molecule has 4 aliphatic rings. The van der Waals surface area contributed by atoms with Gasteiger partial charge in [0.05, 0.1) is 12.3 Å². The average Bonchev–Trinajstić information content (AvgIpc) is 3.14. The van der Waals surface area contributed by atoms with Gasteiger partial charge >= 0.3 is 23.9 Å². The molecule has 4 rings (SSSR count). The van der Waals surface area contributed by atoms with Crippen LogP contribution in [-0.2, 0) is 42.9 Å². The van der Waals surface area contributed by atoms with E-state index in [1.165, 1.54) is 13.8 Å². The second-order valence-corrected chi connectivity index (χ2v) is 12.2. The Bertz CT molecular complexity index is 1030. The van der Waals surface area contributed by atoms with Crippen molar-refractivity contribution in [1.29, 1.82) is 0 Å². The van der Waals surface area contributed by atoms with E-state index < -0.39 is 52.3 Å². The number of carbonyl (C=O) groups is 4. The van der Waals surface area contributed by atoms with Crippen molar-refractivity contribution in [2.24, 2.45) is 22.7 Å². The minimum Gasteiger partial charge on any atom is -0.463 e. The number of rotatable bonds is 4. The van der Waals surface area contributed by atoms with Crippen LogP contribution in [0.3, 0.4) is 0 Å². The van der Waals surface area contributed by atoms with Gasteiger partial charge in [-0.15, -0.1) is 0 Å². The quantitative estimate of drug-likeness (QED) is 0.311. The zero-order valence-corrected chi connectivity index (χ0v) is 23.2. The Labute approximate surface area is 218 Å². The number of esters is 4. The summed E-state index contributed by atoms with van der Waals surface area (Å²) in [6.07, 6.45) is 1.38. The normalized spacial score (nSPS) is 42.8. The highest BCUT2D eigenvalue weighted by molar-refractivity contribution is 5.73. The van der Waals surface area contributed by atoms with E-state index in [9.17, 15) is 19.2 Å². The second-order valence-electron chi connectivity index (χ2n) is 12.2. The molecule has 2 heterocycles. The van der Waals surface area contributed by atoms with Gasteiger partial charge in [0.2, 0.25) is 0 Å². The smallest absolute Gasteiger partial charge is 0.308 e. The number of fused-ring (bicyclic) bond motifs is 3. The Hall–Kier alpha value is -2.42. The fourth-order valence-electron chi connectivity index (χ4n) is 7.48. The van der Waals surface area contributed by atoms with E-state index in [0.29, 0.717) is 19.3 Å². The van der Waals surface area contributed by atoms with Crippen molar-refractivity contribution in [1.82, 2.24) is 0 Å². The van der Waals surface area contributed by atoms with Crippen LogP contribution in [0.1, 0.15) is 81.1 Å². The van der Waals surface area contributed by atoms with Crippen LogP contribution >= 0.6 is 0 Å². The first-order valence-corrected chi connectivity index (χ1v) is 13.2. The van der Waals surface area contributed by atoms with Gasteiger partial charge in [-0.1, -0.05) is 39.3 Å². The van der Waals surface area contributed by atoms with E-state index >= 15 is 0 Å². The predicted octanol–water partition coefficient (Wildman–Crippen LogP) is 3.66. The Morgan fingerprint density at radius 1 is 1.00 bits per heavy atom. The lowest BCUT2D eigenvalue weighted by Gasteiger charge is -2.70. The van der Waals surface area contributed by atoms with Gasteiger partial charge in [0, 0.05) is 37.0 Å². The molecule has 0 N–H and O–H groups in total. The van der Waals surface area contributed by atoms with Gasteiger partial charge in [0.15, 0.2) is 12.2 Å². The molecule has 3 unspecified atom stereocenters. The van der Waals surface area contributed by atoms with Crippen LogP contribution in [0.5, 0.6) is 0 Å². The van der Waals surface area contributed by atoms with Crippen LogP contribution in [-0.4, -0.2) is 60.0 Å². The van der Waals surface area contributed by atoms with Gasteiger partial charge in [-0.05, 0) is 26.7 Å². The molecule has 3 fully saturated rings. The molecule has 2 aliphatic carbocycles. The Morgan fingerprint density at radius 2 is 1.62 bits per heavy atom. The zero-order valence-electron chi connectivity index (χ0n) is 23.2. The van der Waals surface area contributed by atoms with E-state index in [2.05, 4.69) is 6.92 Å². The second kappa shape index (κ2) is 9.10. The molecular formula is C28H40O9. The first-order valence-electron chi connectivity index (χ1n) is 13.2. The van der Waals surface area contributed by atoms with Gasteiger partial charge in [-0.2, -0.15) is 0 Å². The van der Waals surface area contributed by atoms with Gasteiger partial charge in [-0.25, -0.2) is 0 Å². The maximum absolute atomic E-state index is 12.8. The molecule has 2 saturated heterocycles. The third-order valence-corrected chi connectivity index (χ3v) is 9.57. The maximum Gasteiger partial charge on any atom is 0.308 e. The molecular weight excluding hydrogens is 480 g/mol. The van der Waals surface area contributed by atoms with Crippen LogP contribution in [0, 0.1) is 22.7 Å². The first kappa shape index (κ1) is 27.6. The number of cyclic esters (lactones) is 1. The minimum absolute atomic E-state index is 0.0936. The lowest BCUT2D eigenvalue weighted by molar-refractivity contribution is -0.349. The first-order chi connectivity index (χ1) is 17.1. The van der Waals surface area contributed by atoms with Gasteiger partial charge in [-0.3, -0.25) is 19.2 Å². The average molecular weight is 521 g/mol. The summed E-state index contributed by atoms with van der Waals surface area (Å²) >= 11 is 0. The summed E-state index contributed by atoms with van der Waals surface area (Å²) in [4.78, 5) is 50.0. The number of carbonyl (C=O) groups excluding carboxylic acids is 4. The summed E-state index contributed by atoms with van der Waals surface area (Å²) in [5, 5.41) is 0. The molecule has 9 heteroatoms. The molecule has 0 radical (unpaired) electrons. The molecule has 0 bridgehead atoms. The topological polar surface area (TPSA) is 114 Å². The summed E-state index contributed by atoms with van der Waals surface area (Å²) in [6, 6.07) is 0. The lowest BCUT2D eigenvalue weighted by atomic mass is 9.41. The largest absolute Gasteiger partial charge is 0.463 e. The SMILES string of the molecule is CC(=O)OC1C(OC(C)=O)[C@@]2(C)C(C)=CCC(OC(=O)C(C)C)[C@@H]2[C@@]2(C)CC[C@]3(COC(=O)C3)O[C@@]12C. The molecule has 0 amide bonds. The fraction of sp³-hybridized carbons (Fsp3) is 0.786.